The Hall–Kier alpha value is -2.37. The Kier molecular flexibility index (Phi) is 6.77. The molecule has 1 heterocycles. The van der Waals surface area contributed by atoms with Crippen LogP contribution in [0.15, 0.2) is 30.3 Å². The van der Waals surface area contributed by atoms with Gasteiger partial charge < -0.3 is 10.2 Å². The summed E-state index contributed by atoms with van der Waals surface area (Å²) in [7, 11) is 0. The summed E-state index contributed by atoms with van der Waals surface area (Å²) >= 11 is 0. The predicted molar refractivity (Wildman–Crippen MR) is 100 cm³/mol. The van der Waals surface area contributed by atoms with E-state index in [-0.39, 0.29) is 18.4 Å². The normalized spacial score (nSPS) is 17.2. The molecule has 2 rings (SSSR count). The van der Waals surface area contributed by atoms with Crippen LogP contribution in [0.1, 0.15) is 33.3 Å². The van der Waals surface area contributed by atoms with E-state index in [4.69, 9.17) is 0 Å². The van der Waals surface area contributed by atoms with Crippen LogP contribution in [-0.4, -0.2) is 53.3 Å². The lowest BCUT2D eigenvalue weighted by Gasteiger charge is -2.27. The summed E-state index contributed by atoms with van der Waals surface area (Å²) in [5, 5.41) is 2.69. The zero-order chi connectivity index (χ0) is 19.3. The highest BCUT2D eigenvalue weighted by Crippen LogP contribution is 2.13. The van der Waals surface area contributed by atoms with Crippen LogP contribution in [0.2, 0.25) is 0 Å². The number of nitrogens with one attached hydrogen (secondary N) is 1. The van der Waals surface area contributed by atoms with Crippen molar-refractivity contribution in [2.45, 2.75) is 40.2 Å². The van der Waals surface area contributed by atoms with Crippen LogP contribution in [0.4, 0.5) is 4.79 Å². The van der Waals surface area contributed by atoms with E-state index in [2.05, 4.69) is 5.32 Å². The molecule has 0 bridgehead atoms. The Morgan fingerprint density at radius 2 is 1.65 bits per heavy atom. The van der Waals surface area contributed by atoms with E-state index in [1.165, 1.54) is 0 Å². The molecule has 1 saturated heterocycles. The Labute approximate surface area is 155 Å². The molecule has 0 spiro atoms. The predicted octanol–water partition coefficient (Wildman–Crippen LogP) is 2.29. The first-order chi connectivity index (χ1) is 12.3. The quantitative estimate of drug-likeness (QED) is 0.724. The molecule has 0 saturated carbocycles. The lowest BCUT2D eigenvalue weighted by Crippen LogP contribution is -2.45. The molecule has 1 N–H and O–H groups in total. The van der Waals surface area contributed by atoms with E-state index in [1.807, 2.05) is 58.0 Å². The lowest BCUT2D eigenvalue weighted by atomic mass is 10.1. The van der Waals surface area contributed by atoms with E-state index >= 15 is 0 Å². The van der Waals surface area contributed by atoms with Crippen molar-refractivity contribution >= 4 is 17.8 Å². The molecule has 0 aromatic heterocycles. The van der Waals surface area contributed by atoms with Gasteiger partial charge in [-0.15, -0.1) is 0 Å². The van der Waals surface area contributed by atoms with Crippen LogP contribution < -0.4 is 5.32 Å². The van der Waals surface area contributed by atoms with Gasteiger partial charge in [-0.05, 0) is 17.4 Å². The fraction of sp³-hybridized carbons (Fsp3) is 0.550. The van der Waals surface area contributed by atoms with E-state index in [9.17, 15) is 14.4 Å². The Morgan fingerprint density at radius 1 is 1.08 bits per heavy atom. The van der Waals surface area contributed by atoms with Gasteiger partial charge in [0, 0.05) is 19.5 Å². The smallest absolute Gasteiger partial charge is 0.325 e. The summed E-state index contributed by atoms with van der Waals surface area (Å²) in [6.07, 6.45) is 0.428. The highest BCUT2D eigenvalue weighted by atomic mass is 16.2. The van der Waals surface area contributed by atoms with Crippen LogP contribution in [0.5, 0.6) is 0 Å². The number of nitrogens with zero attached hydrogens (tertiary/aromatic N) is 2. The molecule has 0 aliphatic carbocycles. The topological polar surface area (TPSA) is 69.7 Å². The third-order valence-corrected chi connectivity index (χ3v) is 4.21. The molecule has 1 aromatic carbocycles. The molecule has 1 aliphatic heterocycles. The van der Waals surface area contributed by atoms with E-state index in [0.717, 1.165) is 10.5 Å². The van der Waals surface area contributed by atoms with Crippen LogP contribution in [-0.2, 0) is 16.0 Å². The van der Waals surface area contributed by atoms with E-state index in [0.29, 0.717) is 31.3 Å². The summed E-state index contributed by atoms with van der Waals surface area (Å²) in [6.45, 7) is 9.22. The molecule has 6 heteroatoms. The molecule has 26 heavy (non-hydrogen) atoms. The van der Waals surface area contributed by atoms with Gasteiger partial charge in [0.05, 0.1) is 0 Å². The lowest BCUT2D eigenvalue weighted by molar-refractivity contribution is -0.138. The summed E-state index contributed by atoms with van der Waals surface area (Å²) in [5.41, 5.74) is 0.973. The van der Waals surface area contributed by atoms with Gasteiger partial charge in [-0.2, -0.15) is 0 Å². The van der Waals surface area contributed by atoms with E-state index in [1.54, 1.807) is 4.90 Å². The highest BCUT2D eigenvalue weighted by molar-refractivity contribution is 6.06. The molecule has 1 aliphatic rings. The maximum atomic E-state index is 12.7. The first-order valence-corrected chi connectivity index (χ1v) is 9.21. The molecule has 0 radical (unpaired) electrons. The summed E-state index contributed by atoms with van der Waals surface area (Å²) in [4.78, 5) is 40.3. The van der Waals surface area contributed by atoms with Gasteiger partial charge >= 0.3 is 6.03 Å². The largest absolute Gasteiger partial charge is 0.341 e. The minimum Gasteiger partial charge on any atom is -0.341 e. The van der Waals surface area contributed by atoms with Crippen LogP contribution in [0.3, 0.4) is 0 Å². The van der Waals surface area contributed by atoms with Gasteiger partial charge in [-0.25, -0.2) is 4.79 Å². The summed E-state index contributed by atoms with van der Waals surface area (Å²) in [6, 6.07) is 8.43. The number of rotatable bonds is 8. The second-order valence-corrected chi connectivity index (χ2v) is 7.70. The van der Waals surface area contributed by atoms with Crippen LogP contribution in [0.25, 0.3) is 0 Å². The number of urea groups is 1. The Morgan fingerprint density at radius 3 is 2.19 bits per heavy atom. The zero-order valence-electron chi connectivity index (χ0n) is 16.1. The number of hydrogen-bond donors (Lipinski definition) is 1. The maximum absolute atomic E-state index is 12.7. The number of benzene rings is 1. The van der Waals surface area contributed by atoms with Crippen molar-refractivity contribution in [3.05, 3.63) is 35.9 Å². The maximum Gasteiger partial charge on any atom is 0.325 e. The van der Waals surface area contributed by atoms with Gasteiger partial charge in [0.25, 0.3) is 5.91 Å². The molecular formula is C20H29N3O3. The average molecular weight is 359 g/mol. The first kappa shape index (κ1) is 19.9. The molecule has 1 fully saturated rings. The standard InChI is InChI=1S/C20H29N3O3/c1-14(2)11-22(12-15(3)4)18(24)13-23-19(25)17(21-20(23)26)10-16-8-6-5-7-9-16/h5-9,14-15,17H,10-13H2,1-4H3,(H,21,26)/t17-/m0/s1. The second-order valence-electron chi connectivity index (χ2n) is 7.70. The van der Waals surface area contributed by atoms with Crippen molar-refractivity contribution in [1.82, 2.24) is 15.1 Å². The van der Waals surface area contributed by atoms with Crippen LogP contribution in [0, 0.1) is 11.8 Å². The van der Waals surface area contributed by atoms with Crippen molar-refractivity contribution < 1.29 is 14.4 Å². The van der Waals surface area contributed by atoms with Gasteiger partial charge in [0.1, 0.15) is 12.6 Å². The summed E-state index contributed by atoms with van der Waals surface area (Å²) < 4.78 is 0. The monoisotopic (exact) mass is 359 g/mol. The number of carbonyl (C=O) groups is 3. The fourth-order valence-electron chi connectivity index (χ4n) is 3.11. The first-order valence-electron chi connectivity index (χ1n) is 9.21. The molecule has 4 amide bonds. The zero-order valence-corrected chi connectivity index (χ0v) is 16.1. The average Bonchev–Trinajstić information content (AvgIpc) is 2.82. The third-order valence-electron chi connectivity index (χ3n) is 4.21. The van der Waals surface area contributed by atoms with Gasteiger partial charge in [-0.3, -0.25) is 14.5 Å². The van der Waals surface area contributed by atoms with Crippen molar-refractivity contribution in [2.24, 2.45) is 11.8 Å². The molecule has 1 atom stereocenters. The third kappa shape index (κ3) is 5.31. The van der Waals surface area contributed by atoms with Gasteiger partial charge in [0.15, 0.2) is 0 Å². The van der Waals surface area contributed by atoms with Crippen molar-refractivity contribution in [2.75, 3.05) is 19.6 Å². The number of imide groups is 1. The second kappa shape index (κ2) is 8.83. The highest BCUT2D eigenvalue weighted by Gasteiger charge is 2.39. The summed E-state index contributed by atoms with van der Waals surface area (Å²) in [5.74, 6) is 0.135. The Bertz CT molecular complexity index is 633. The van der Waals surface area contributed by atoms with Gasteiger partial charge in [0.2, 0.25) is 5.91 Å². The fourth-order valence-corrected chi connectivity index (χ4v) is 3.11. The van der Waals surface area contributed by atoms with Gasteiger partial charge in [-0.1, -0.05) is 58.0 Å². The molecular weight excluding hydrogens is 330 g/mol. The number of hydrogen-bond acceptors (Lipinski definition) is 3. The minimum absolute atomic E-state index is 0.184. The number of carbonyl (C=O) groups excluding carboxylic acids is 3. The van der Waals surface area contributed by atoms with Crippen molar-refractivity contribution in [3.8, 4) is 0 Å². The molecule has 0 unspecified atom stereocenters. The van der Waals surface area contributed by atoms with E-state index < -0.39 is 12.1 Å². The van der Waals surface area contributed by atoms with Crippen LogP contribution >= 0.6 is 0 Å². The van der Waals surface area contributed by atoms with Crippen molar-refractivity contribution in [1.29, 1.82) is 0 Å². The molecule has 142 valence electrons. The number of amides is 4. The minimum atomic E-state index is -0.610. The molecule has 1 aromatic rings. The molecule has 6 nitrogen and oxygen atoms in total. The Balaban J connectivity index is 2.02. The van der Waals surface area contributed by atoms with Crippen molar-refractivity contribution in [3.63, 3.8) is 0 Å². The SMILES string of the molecule is CC(C)CN(CC(C)C)C(=O)CN1C(=O)N[C@@H](Cc2ccccc2)C1=O.